The second-order valence-corrected chi connectivity index (χ2v) is 4.71. The molecule has 4 nitrogen and oxygen atoms in total. The van der Waals surface area contributed by atoms with Crippen molar-refractivity contribution in [1.82, 2.24) is 15.4 Å². The molecule has 6 heteroatoms. The molecule has 18 heavy (non-hydrogen) atoms. The highest BCUT2D eigenvalue weighted by molar-refractivity contribution is 9.10. The Morgan fingerprint density at radius 2 is 2.22 bits per heavy atom. The number of rotatable bonds is 4. The van der Waals surface area contributed by atoms with Gasteiger partial charge in [-0.1, -0.05) is 22.0 Å². The summed E-state index contributed by atoms with van der Waals surface area (Å²) in [5.74, 6) is 5.23. The zero-order valence-corrected chi connectivity index (χ0v) is 11.1. The van der Waals surface area contributed by atoms with Crippen LogP contribution in [-0.2, 0) is 6.42 Å². The molecule has 2 aromatic rings. The molecule has 1 heterocycles. The van der Waals surface area contributed by atoms with Crippen molar-refractivity contribution in [2.75, 3.05) is 0 Å². The predicted molar refractivity (Wildman–Crippen MR) is 69.9 cm³/mol. The molecule has 0 radical (unpaired) electrons. The molecule has 0 saturated heterocycles. The number of benzene rings is 1. The molecule has 0 spiro atoms. The van der Waals surface area contributed by atoms with Crippen LogP contribution in [0.5, 0.6) is 0 Å². The van der Waals surface area contributed by atoms with E-state index in [4.69, 9.17) is 5.84 Å². The van der Waals surface area contributed by atoms with Crippen molar-refractivity contribution in [3.05, 3.63) is 58.3 Å². The van der Waals surface area contributed by atoms with Crippen LogP contribution in [0.1, 0.15) is 17.3 Å². The third kappa shape index (κ3) is 3.10. The lowest BCUT2D eigenvalue weighted by molar-refractivity contribution is 0.517. The Labute approximate surface area is 113 Å². The van der Waals surface area contributed by atoms with Gasteiger partial charge in [0.1, 0.15) is 12.1 Å². The van der Waals surface area contributed by atoms with Gasteiger partial charge < -0.3 is 0 Å². The summed E-state index contributed by atoms with van der Waals surface area (Å²) in [4.78, 5) is 7.95. The van der Waals surface area contributed by atoms with Gasteiger partial charge in [0.25, 0.3) is 0 Å². The van der Waals surface area contributed by atoms with Crippen LogP contribution in [0.25, 0.3) is 0 Å². The third-order valence-corrected chi connectivity index (χ3v) is 3.10. The van der Waals surface area contributed by atoms with Crippen LogP contribution < -0.4 is 11.3 Å². The van der Waals surface area contributed by atoms with Crippen LogP contribution in [0.4, 0.5) is 4.39 Å². The molecule has 3 N–H and O–H groups in total. The fraction of sp³-hybridized carbons (Fsp3) is 0.167. The van der Waals surface area contributed by atoms with Gasteiger partial charge in [0.15, 0.2) is 0 Å². The molecule has 1 aromatic carbocycles. The minimum atomic E-state index is -0.265. The molecule has 1 aromatic heterocycles. The van der Waals surface area contributed by atoms with E-state index in [2.05, 4.69) is 31.3 Å². The van der Waals surface area contributed by atoms with Crippen molar-refractivity contribution in [3.8, 4) is 0 Å². The number of halogens is 2. The molecule has 0 amide bonds. The summed E-state index contributed by atoms with van der Waals surface area (Å²) in [5.41, 5.74) is 3.95. The summed E-state index contributed by atoms with van der Waals surface area (Å²) < 4.78 is 14.4. The van der Waals surface area contributed by atoms with E-state index in [1.54, 1.807) is 24.4 Å². The van der Waals surface area contributed by atoms with Crippen LogP contribution in [0.3, 0.4) is 0 Å². The van der Waals surface area contributed by atoms with Crippen molar-refractivity contribution in [2.24, 2.45) is 5.84 Å². The van der Waals surface area contributed by atoms with Gasteiger partial charge >= 0.3 is 0 Å². The molecule has 0 saturated carbocycles. The summed E-state index contributed by atoms with van der Waals surface area (Å²) in [6.07, 6.45) is 3.49. The molecule has 2 rings (SSSR count). The monoisotopic (exact) mass is 310 g/mol. The largest absolute Gasteiger partial charge is 0.271 e. The lowest BCUT2D eigenvalue weighted by Crippen LogP contribution is -2.30. The molecule has 94 valence electrons. The summed E-state index contributed by atoms with van der Waals surface area (Å²) in [6.45, 7) is 0. The van der Waals surface area contributed by atoms with Crippen molar-refractivity contribution in [1.29, 1.82) is 0 Å². The molecule has 0 aliphatic heterocycles. The first-order valence-electron chi connectivity index (χ1n) is 5.36. The van der Waals surface area contributed by atoms with E-state index in [1.807, 2.05) is 0 Å². The zero-order valence-electron chi connectivity index (χ0n) is 9.48. The summed E-state index contributed by atoms with van der Waals surface area (Å²) >= 11 is 3.22. The number of nitrogens with one attached hydrogen (secondary N) is 1. The average Bonchev–Trinajstić information content (AvgIpc) is 2.39. The number of hydrogen-bond acceptors (Lipinski definition) is 4. The lowest BCUT2D eigenvalue weighted by Gasteiger charge is -2.15. The molecule has 0 bridgehead atoms. The van der Waals surface area contributed by atoms with E-state index in [1.165, 1.54) is 12.4 Å². The Bertz CT molecular complexity index is 521. The smallest absolute Gasteiger partial charge is 0.127 e. The molecule has 1 unspecified atom stereocenters. The SMILES string of the molecule is NNC(Cc1ccc(Br)cc1F)c1ccncn1. The molecule has 0 aliphatic rings. The highest BCUT2D eigenvalue weighted by atomic mass is 79.9. The molecule has 1 atom stereocenters. The maximum Gasteiger partial charge on any atom is 0.127 e. The molecule has 0 aliphatic carbocycles. The highest BCUT2D eigenvalue weighted by Gasteiger charge is 2.14. The fourth-order valence-electron chi connectivity index (χ4n) is 1.66. The lowest BCUT2D eigenvalue weighted by atomic mass is 10.0. The standard InChI is InChI=1S/C12H12BrFN4/c13-9-2-1-8(10(14)6-9)5-12(18-15)11-3-4-16-7-17-11/h1-4,6-7,12,18H,5,15H2. The molecular formula is C12H12BrFN4. The van der Waals surface area contributed by atoms with E-state index in [9.17, 15) is 4.39 Å². The first-order valence-corrected chi connectivity index (χ1v) is 6.16. The van der Waals surface area contributed by atoms with E-state index in [0.717, 1.165) is 5.69 Å². The van der Waals surface area contributed by atoms with Crippen LogP contribution in [0.15, 0.2) is 41.3 Å². The fourth-order valence-corrected chi connectivity index (χ4v) is 2.00. The Morgan fingerprint density at radius 3 is 2.83 bits per heavy atom. The van der Waals surface area contributed by atoms with Crippen LogP contribution >= 0.6 is 15.9 Å². The second kappa shape index (κ2) is 5.99. The van der Waals surface area contributed by atoms with Gasteiger partial charge in [-0.25, -0.2) is 14.4 Å². The Hall–Kier alpha value is -1.37. The van der Waals surface area contributed by atoms with Gasteiger partial charge in [0.2, 0.25) is 0 Å². The van der Waals surface area contributed by atoms with E-state index in [0.29, 0.717) is 16.5 Å². The number of aromatic nitrogens is 2. The van der Waals surface area contributed by atoms with Crippen molar-refractivity contribution in [2.45, 2.75) is 12.5 Å². The van der Waals surface area contributed by atoms with Crippen molar-refractivity contribution in [3.63, 3.8) is 0 Å². The van der Waals surface area contributed by atoms with Gasteiger partial charge in [-0.15, -0.1) is 0 Å². The first kappa shape index (κ1) is 13.1. The predicted octanol–water partition coefficient (Wildman–Crippen LogP) is 2.13. The molecular weight excluding hydrogens is 299 g/mol. The number of nitrogens with zero attached hydrogens (tertiary/aromatic N) is 2. The summed E-state index contributed by atoms with van der Waals surface area (Å²) in [7, 11) is 0. The normalized spacial score (nSPS) is 12.4. The first-order chi connectivity index (χ1) is 8.70. The zero-order chi connectivity index (χ0) is 13.0. The third-order valence-electron chi connectivity index (χ3n) is 2.60. The van der Waals surface area contributed by atoms with Gasteiger partial charge in [0.05, 0.1) is 11.7 Å². The van der Waals surface area contributed by atoms with Crippen LogP contribution in [0.2, 0.25) is 0 Å². The van der Waals surface area contributed by atoms with Crippen molar-refractivity contribution >= 4 is 15.9 Å². The van der Waals surface area contributed by atoms with E-state index in [-0.39, 0.29) is 11.9 Å². The Morgan fingerprint density at radius 1 is 1.39 bits per heavy atom. The minimum absolute atomic E-state index is 0.247. The quantitative estimate of drug-likeness (QED) is 0.671. The highest BCUT2D eigenvalue weighted by Crippen LogP contribution is 2.20. The average molecular weight is 311 g/mol. The Kier molecular flexibility index (Phi) is 4.35. The van der Waals surface area contributed by atoms with Gasteiger partial charge in [-0.2, -0.15) is 0 Å². The summed E-state index contributed by atoms with van der Waals surface area (Å²) in [6, 6.07) is 6.46. The minimum Gasteiger partial charge on any atom is -0.271 e. The molecule has 0 fully saturated rings. The Balaban J connectivity index is 2.21. The number of hydrogen-bond donors (Lipinski definition) is 2. The number of hydrazine groups is 1. The maximum absolute atomic E-state index is 13.7. The topological polar surface area (TPSA) is 63.8 Å². The van der Waals surface area contributed by atoms with Crippen LogP contribution in [-0.4, -0.2) is 9.97 Å². The van der Waals surface area contributed by atoms with E-state index >= 15 is 0 Å². The van der Waals surface area contributed by atoms with Crippen molar-refractivity contribution < 1.29 is 4.39 Å². The van der Waals surface area contributed by atoms with E-state index < -0.39 is 0 Å². The number of nitrogens with two attached hydrogens (primary N) is 1. The maximum atomic E-state index is 13.7. The summed E-state index contributed by atoms with van der Waals surface area (Å²) in [5, 5.41) is 0. The van der Waals surface area contributed by atoms with Crippen LogP contribution in [0, 0.1) is 5.82 Å². The van der Waals surface area contributed by atoms with Gasteiger partial charge in [-0.05, 0) is 30.2 Å². The second-order valence-electron chi connectivity index (χ2n) is 3.79. The van der Waals surface area contributed by atoms with Gasteiger partial charge in [-0.3, -0.25) is 11.3 Å². The van der Waals surface area contributed by atoms with Gasteiger partial charge in [0, 0.05) is 10.7 Å².